The summed E-state index contributed by atoms with van der Waals surface area (Å²) in [5.74, 6) is 0. The lowest BCUT2D eigenvalue weighted by molar-refractivity contribution is 0.655. The zero-order valence-corrected chi connectivity index (χ0v) is 8.08. The molecule has 2 aromatic rings. The Bertz CT molecular complexity index is 390. The van der Waals surface area contributed by atoms with Crippen LogP contribution in [-0.2, 0) is 6.54 Å². The Morgan fingerprint density at radius 1 is 1.62 bits per heavy atom. The number of aromatic nitrogens is 3. The number of nitrogen functional groups attached to an aromatic ring is 1. The standard InChI is InChI=1S/C8H10N4S/c1-6-8(9)2-11-12(6)3-7-4-13-5-10-7/h2,4-5H,3,9H2,1H3. The van der Waals surface area contributed by atoms with E-state index >= 15 is 0 Å². The third-order valence-electron chi connectivity index (χ3n) is 1.94. The summed E-state index contributed by atoms with van der Waals surface area (Å²) < 4.78 is 1.85. The minimum Gasteiger partial charge on any atom is -0.396 e. The van der Waals surface area contributed by atoms with Gasteiger partial charge in [-0.3, -0.25) is 4.68 Å². The molecule has 0 amide bonds. The Morgan fingerprint density at radius 2 is 2.46 bits per heavy atom. The van der Waals surface area contributed by atoms with Gasteiger partial charge in [-0.15, -0.1) is 11.3 Å². The summed E-state index contributed by atoms with van der Waals surface area (Å²) in [6, 6.07) is 0. The summed E-state index contributed by atoms with van der Waals surface area (Å²) in [6.07, 6.45) is 1.67. The summed E-state index contributed by atoms with van der Waals surface area (Å²) in [5.41, 5.74) is 10.2. The van der Waals surface area contributed by atoms with Gasteiger partial charge >= 0.3 is 0 Å². The van der Waals surface area contributed by atoms with Crippen LogP contribution >= 0.6 is 11.3 Å². The summed E-state index contributed by atoms with van der Waals surface area (Å²) in [4.78, 5) is 4.18. The molecule has 0 aliphatic rings. The molecule has 0 fully saturated rings. The van der Waals surface area contributed by atoms with E-state index in [2.05, 4.69) is 10.1 Å². The van der Waals surface area contributed by atoms with Gasteiger partial charge in [-0.2, -0.15) is 5.10 Å². The molecule has 68 valence electrons. The third-order valence-corrected chi connectivity index (χ3v) is 2.57. The predicted molar refractivity (Wildman–Crippen MR) is 52.6 cm³/mol. The second-order valence-corrected chi connectivity index (χ2v) is 3.54. The lowest BCUT2D eigenvalue weighted by Crippen LogP contribution is -2.04. The van der Waals surface area contributed by atoms with Crippen LogP contribution in [0, 0.1) is 6.92 Å². The molecule has 0 radical (unpaired) electrons. The van der Waals surface area contributed by atoms with Gasteiger partial charge in [-0.25, -0.2) is 4.98 Å². The van der Waals surface area contributed by atoms with Crippen LogP contribution in [0.15, 0.2) is 17.1 Å². The molecule has 0 atom stereocenters. The highest BCUT2D eigenvalue weighted by Crippen LogP contribution is 2.11. The molecule has 0 saturated carbocycles. The number of hydrogen-bond donors (Lipinski definition) is 1. The van der Waals surface area contributed by atoms with Crippen molar-refractivity contribution in [2.75, 3.05) is 5.73 Å². The van der Waals surface area contributed by atoms with Crippen LogP contribution in [0.1, 0.15) is 11.4 Å². The normalized spacial score (nSPS) is 10.5. The Balaban J connectivity index is 2.24. The number of nitrogens with zero attached hydrogens (tertiary/aromatic N) is 3. The van der Waals surface area contributed by atoms with Gasteiger partial charge in [-0.05, 0) is 6.92 Å². The molecular weight excluding hydrogens is 184 g/mol. The topological polar surface area (TPSA) is 56.7 Å². The van der Waals surface area contributed by atoms with Gasteiger partial charge in [0.05, 0.1) is 35.3 Å². The van der Waals surface area contributed by atoms with Crippen LogP contribution in [-0.4, -0.2) is 14.8 Å². The molecule has 0 aromatic carbocycles. The molecule has 2 heterocycles. The highest BCUT2D eigenvalue weighted by atomic mass is 32.1. The van der Waals surface area contributed by atoms with Gasteiger partial charge in [-0.1, -0.05) is 0 Å². The molecular formula is C8H10N4S. The average Bonchev–Trinajstić information content (AvgIpc) is 2.71. The first-order valence-corrected chi connectivity index (χ1v) is 4.86. The van der Waals surface area contributed by atoms with Crippen molar-refractivity contribution in [2.45, 2.75) is 13.5 Å². The Morgan fingerprint density at radius 3 is 3.00 bits per heavy atom. The summed E-state index contributed by atoms with van der Waals surface area (Å²) >= 11 is 1.59. The second kappa shape index (κ2) is 3.18. The van der Waals surface area contributed by atoms with Crippen molar-refractivity contribution < 1.29 is 0 Å². The Kier molecular flexibility index (Phi) is 2.02. The van der Waals surface area contributed by atoms with E-state index in [0.717, 1.165) is 17.1 Å². The Hall–Kier alpha value is -1.36. The quantitative estimate of drug-likeness (QED) is 0.783. The van der Waals surface area contributed by atoms with Crippen LogP contribution in [0.5, 0.6) is 0 Å². The number of anilines is 1. The van der Waals surface area contributed by atoms with E-state index in [0.29, 0.717) is 6.54 Å². The molecule has 2 rings (SSSR count). The van der Waals surface area contributed by atoms with Gasteiger partial charge < -0.3 is 5.73 Å². The zero-order chi connectivity index (χ0) is 9.26. The van der Waals surface area contributed by atoms with E-state index in [4.69, 9.17) is 5.73 Å². The first kappa shape index (κ1) is 8.25. The highest BCUT2D eigenvalue weighted by molar-refractivity contribution is 7.07. The van der Waals surface area contributed by atoms with Crippen LogP contribution in [0.2, 0.25) is 0 Å². The van der Waals surface area contributed by atoms with Gasteiger partial charge in [0.15, 0.2) is 0 Å². The smallest absolute Gasteiger partial charge is 0.0843 e. The highest BCUT2D eigenvalue weighted by Gasteiger charge is 2.03. The molecule has 2 aromatic heterocycles. The monoisotopic (exact) mass is 194 g/mol. The maximum Gasteiger partial charge on any atom is 0.0843 e. The molecule has 0 aliphatic heterocycles. The lowest BCUT2D eigenvalue weighted by Gasteiger charge is -2.00. The molecule has 0 unspecified atom stereocenters. The molecule has 2 N–H and O–H groups in total. The number of hydrogen-bond acceptors (Lipinski definition) is 4. The minimum absolute atomic E-state index is 0.701. The van der Waals surface area contributed by atoms with Crippen molar-refractivity contribution in [2.24, 2.45) is 0 Å². The second-order valence-electron chi connectivity index (χ2n) is 2.82. The van der Waals surface area contributed by atoms with Crippen molar-refractivity contribution in [3.8, 4) is 0 Å². The van der Waals surface area contributed by atoms with Crippen LogP contribution in [0.4, 0.5) is 5.69 Å². The third kappa shape index (κ3) is 1.55. The van der Waals surface area contributed by atoms with Crippen LogP contribution in [0.3, 0.4) is 0 Å². The van der Waals surface area contributed by atoms with Crippen molar-refractivity contribution in [1.82, 2.24) is 14.8 Å². The molecule has 0 aliphatic carbocycles. The number of nitrogens with two attached hydrogens (primary N) is 1. The SMILES string of the molecule is Cc1c(N)cnn1Cc1cscn1. The molecule has 0 saturated heterocycles. The predicted octanol–water partition coefficient (Wildman–Crippen LogP) is 1.28. The van der Waals surface area contributed by atoms with Gasteiger partial charge in [0.2, 0.25) is 0 Å². The fraction of sp³-hybridized carbons (Fsp3) is 0.250. The van der Waals surface area contributed by atoms with Crippen LogP contribution in [0.25, 0.3) is 0 Å². The van der Waals surface area contributed by atoms with Crippen molar-refractivity contribution in [3.05, 3.63) is 28.5 Å². The van der Waals surface area contributed by atoms with Gasteiger partial charge in [0.25, 0.3) is 0 Å². The Labute approximate surface area is 80.0 Å². The van der Waals surface area contributed by atoms with Crippen molar-refractivity contribution in [1.29, 1.82) is 0 Å². The fourth-order valence-corrected chi connectivity index (χ4v) is 1.64. The minimum atomic E-state index is 0.701. The largest absolute Gasteiger partial charge is 0.396 e. The van der Waals surface area contributed by atoms with Gasteiger partial charge in [0.1, 0.15) is 0 Å². The van der Waals surface area contributed by atoms with Crippen molar-refractivity contribution >= 4 is 17.0 Å². The first-order valence-electron chi connectivity index (χ1n) is 3.92. The fourth-order valence-electron chi connectivity index (χ4n) is 1.09. The van der Waals surface area contributed by atoms with E-state index in [1.54, 1.807) is 17.5 Å². The molecule has 0 spiro atoms. The van der Waals surface area contributed by atoms with E-state index in [1.165, 1.54) is 0 Å². The first-order chi connectivity index (χ1) is 6.27. The van der Waals surface area contributed by atoms with E-state index in [-0.39, 0.29) is 0 Å². The van der Waals surface area contributed by atoms with E-state index < -0.39 is 0 Å². The lowest BCUT2D eigenvalue weighted by atomic mass is 10.4. The molecule has 5 heteroatoms. The van der Waals surface area contributed by atoms with Gasteiger partial charge in [0, 0.05) is 5.38 Å². The maximum atomic E-state index is 5.67. The summed E-state index contributed by atoms with van der Waals surface area (Å²) in [6.45, 7) is 2.65. The number of thiazole rings is 1. The maximum absolute atomic E-state index is 5.67. The molecule has 0 bridgehead atoms. The van der Waals surface area contributed by atoms with E-state index in [1.807, 2.05) is 22.5 Å². The van der Waals surface area contributed by atoms with E-state index in [9.17, 15) is 0 Å². The zero-order valence-electron chi connectivity index (χ0n) is 7.27. The molecule has 13 heavy (non-hydrogen) atoms. The molecule has 4 nitrogen and oxygen atoms in total. The van der Waals surface area contributed by atoms with Crippen molar-refractivity contribution in [3.63, 3.8) is 0 Å². The van der Waals surface area contributed by atoms with Crippen LogP contribution < -0.4 is 5.73 Å². The average molecular weight is 194 g/mol. The summed E-state index contributed by atoms with van der Waals surface area (Å²) in [5, 5.41) is 6.16. The number of rotatable bonds is 2. The summed E-state index contributed by atoms with van der Waals surface area (Å²) in [7, 11) is 0.